The lowest BCUT2D eigenvalue weighted by atomic mass is 9.86. The van der Waals surface area contributed by atoms with Crippen molar-refractivity contribution in [3.63, 3.8) is 0 Å². The van der Waals surface area contributed by atoms with Crippen LogP contribution in [0.15, 0.2) is 17.5 Å². The summed E-state index contributed by atoms with van der Waals surface area (Å²) in [7, 11) is -3.29. The molecular weight excluding hydrogens is 542 g/mol. The second-order valence-electron chi connectivity index (χ2n) is 10.7. The maximum Gasteiger partial charge on any atom is 0.407 e. The highest BCUT2D eigenvalue weighted by Gasteiger charge is 2.43. The summed E-state index contributed by atoms with van der Waals surface area (Å²) in [5, 5.41) is 18.0. The van der Waals surface area contributed by atoms with E-state index in [0.29, 0.717) is 32.5 Å². The molecule has 2 saturated heterocycles. The van der Waals surface area contributed by atoms with E-state index in [-0.39, 0.29) is 49.2 Å². The Kier molecular flexibility index (Phi) is 10.2. The van der Waals surface area contributed by atoms with Crippen LogP contribution in [0.1, 0.15) is 56.7 Å². The van der Waals surface area contributed by atoms with Gasteiger partial charge in [0, 0.05) is 37.1 Å². The number of carbonyl (C=O) groups is 3. The number of piperidine rings is 1. The molecule has 1 aliphatic carbocycles. The number of carbonyl (C=O) groups excluding carboxylic acids is 2. The van der Waals surface area contributed by atoms with Gasteiger partial charge in [-0.05, 0) is 50.0 Å². The Morgan fingerprint density at radius 2 is 1.79 bits per heavy atom. The summed E-state index contributed by atoms with van der Waals surface area (Å²) in [6, 6.07) is 2.51. The number of hydrogen-bond acceptors (Lipinski definition) is 7. The smallest absolute Gasteiger partial charge is 0.407 e. The molecule has 2 aliphatic heterocycles. The summed E-state index contributed by atoms with van der Waals surface area (Å²) in [6.45, 7) is 2.88. The molecule has 0 radical (unpaired) electrons. The van der Waals surface area contributed by atoms with E-state index < -0.39 is 28.2 Å². The van der Waals surface area contributed by atoms with Crippen molar-refractivity contribution < 1.29 is 27.9 Å². The summed E-state index contributed by atoms with van der Waals surface area (Å²) >= 11 is 1.51. The predicted octanol–water partition coefficient (Wildman–Crippen LogP) is 1.91. The average Bonchev–Trinajstić information content (AvgIpc) is 3.48. The molecule has 0 aromatic carbocycles. The van der Waals surface area contributed by atoms with Crippen LogP contribution in [0.2, 0.25) is 0 Å². The first kappa shape index (κ1) is 29.8. The number of carboxylic acid groups (broad SMARTS) is 1. The van der Waals surface area contributed by atoms with Gasteiger partial charge < -0.3 is 25.5 Å². The third-order valence-corrected chi connectivity index (χ3v) is 11.0. The van der Waals surface area contributed by atoms with E-state index in [1.807, 2.05) is 17.5 Å². The quantitative estimate of drug-likeness (QED) is 0.404. The zero-order valence-corrected chi connectivity index (χ0v) is 24.2. The van der Waals surface area contributed by atoms with Crippen molar-refractivity contribution in [1.82, 2.24) is 24.7 Å². The SMILES string of the molecule is CCS(=O)(=O)N1CCC(C(NC2CCCCC2)C(=O)N2CCN(C(=O)O)C[C@H]2C(=O)NCc2cccs2)CC1. The number of amides is 3. The summed E-state index contributed by atoms with van der Waals surface area (Å²) in [5.41, 5.74) is 0. The number of sulfonamides is 1. The van der Waals surface area contributed by atoms with Crippen LogP contribution in [0.5, 0.6) is 0 Å². The largest absolute Gasteiger partial charge is 0.465 e. The molecule has 3 N–H and O–H groups in total. The molecule has 4 rings (SSSR count). The molecule has 11 nitrogen and oxygen atoms in total. The van der Waals surface area contributed by atoms with Crippen LogP contribution >= 0.6 is 11.3 Å². The molecule has 218 valence electrons. The minimum Gasteiger partial charge on any atom is -0.465 e. The molecule has 13 heteroatoms. The van der Waals surface area contributed by atoms with Crippen LogP contribution in [0.4, 0.5) is 4.79 Å². The van der Waals surface area contributed by atoms with Crippen LogP contribution in [0, 0.1) is 5.92 Å². The fourth-order valence-electron chi connectivity index (χ4n) is 5.93. The van der Waals surface area contributed by atoms with Gasteiger partial charge in [-0.1, -0.05) is 25.3 Å². The van der Waals surface area contributed by atoms with Gasteiger partial charge in [0.25, 0.3) is 0 Å². The van der Waals surface area contributed by atoms with Crippen LogP contribution in [0.25, 0.3) is 0 Å². The molecule has 39 heavy (non-hydrogen) atoms. The normalized spacial score (nSPS) is 22.9. The van der Waals surface area contributed by atoms with Crippen LogP contribution in [-0.2, 0) is 26.2 Å². The predicted molar refractivity (Wildman–Crippen MR) is 149 cm³/mol. The molecule has 0 spiro atoms. The third-order valence-electron chi connectivity index (χ3n) is 8.27. The van der Waals surface area contributed by atoms with Gasteiger partial charge in [-0.2, -0.15) is 0 Å². The van der Waals surface area contributed by atoms with E-state index in [2.05, 4.69) is 10.6 Å². The van der Waals surface area contributed by atoms with E-state index in [1.165, 1.54) is 27.0 Å². The highest BCUT2D eigenvalue weighted by molar-refractivity contribution is 7.89. The lowest BCUT2D eigenvalue weighted by Crippen LogP contribution is -2.65. The molecule has 1 saturated carbocycles. The molecule has 3 heterocycles. The number of rotatable bonds is 9. The fraction of sp³-hybridized carbons (Fsp3) is 0.731. The van der Waals surface area contributed by atoms with Gasteiger partial charge in [0.05, 0.1) is 24.9 Å². The van der Waals surface area contributed by atoms with Gasteiger partial charge in [0.1, 0.15) is 6.04 Å². The molecule has 1 unspecified atom stereocenters. The Morgan fingerprint density at radius 1 is 1.08 bits per heavy atom. The molecule has 2 atom stereocenters. The van der Waals surface area contributed by atoms with Crippen molar-refractivity contribution in [3.8, 4) is 0 Å². The van der Waals surface area contributed by atoms with Gasteiger partial charge >= 0.3 is 6.09 Å². The highest BCUT2D eigenvalue weighted by Crippen LogP contribution is 2.28. The lowest BCUT2D eigenvalue weighted by Gasteiger charge is -2.44. The Morgan fingerprint density at radius 3 is 2.41 bits per heavy atom. The molecule has 0 bridgehead atoms. The summed E-state index contributed by atoms with van der Waals surface area (Å²) in [5.74, 6) is -0.590. The van der Waals surface area contributed by atoms with Crippen LogP contribution in [0.3, 0.4) is 0 Å². The van der Waals surface area contributed by atoms with E-state index in [4.69, 9.17) is 0 Å². The standard InChI is InChI=1S/C26H41N5O6S2/c1-2-39(36,37)30-12-10-19(11-13-30)23(28-20-7-4-3-5-8-20)25(33)31-15-14-29(26(34)35)18-22(31)24(32)27-17-21-9-6-16-38-21/h6,9,16,19-20,22-23,28H,2-5,7-8,10-15,17-18H2,1H3,(H,27,32)(H,34,35)/t22-,23?/m0/s1. The number of piperazine rings is 1. The minimum absolute atomic E-state index is 0.0521. The van der Waals surface area contributed by atoms with E-state index in [1.54, 1.807) is 11.8 Å². The van der Waals surface area contributed by atoms with Crippen molar-refractivity contribution in [3.05, 3.63) is 22.4 Å². The topological polar surface area (TPSA) is 139 Å². The summed E-state index contributed by atoms with van der Waals surface area (Å²) in [6.07, 6.45) is 5.31. The van der Waals surface area contributed by atoms with Crippen LogP contribution in [-0.4, -0.2) is 102 Å². The molecule has 3 amide bonds. The molecular formula is C26H41N5O6S2. The Hall–Kier alpha value is -2.22. The second kappa shape index (κ2) is 13.4. The van der Waals surface area contributed by atoms with Crippen molar-refractivity contribution in [2.75, 3.05) is 38.5 Å². The Bertz CT molecular complexity index is 1080. The van der Waals surface area contributed by atoms with Crippen molar-refractivity contribution in [2.45, 2.75) is 76.5 Å². The van der Waals surface area contributed by atoms with E-state index in [9.17, 15) is 27.9 Å². The number of thiophene rings is 1. The van der Waals surface area contributed by atoms with E-state index in [0.717, 1.165) is 30.6 Å². The lowest BCUT2D eigenvalue weighted by molar-refractivity contribution is -0.146. The van der Waals surface area contributed by atoms with Gasteiger partial charge in [-0.3, -0.25) is 9.59 Å². The van der Waals surface area contributed by atoms with E-state index >= 15 is 0 Å². The first-order chi connectivity index (χ1) is 18.7. The second-order valence-corrected chi connectivity index (χ2v) is 14.0. The maximum atomic E-state index is 14.2. The van der Waals surface area contributed by atoms with Gasteiger partial charge in [-0.15, -0.1) is 11.3 Å². The van der Waals surface area contributed by atoms with Crippen molar-refractivity contribution >= 4 is 39.3 Å². The number of nitrogens with zero attached hydrogens (tertiary/aromatic N) is 3. The van der Waals surface area contributed by atoms with Gasteiger partial charge in [-0.25, -0.2) is 17.5 Å². The molecule has 1 aromatic heterocycles. The number of hydrogen-bond donors (Lipinski definition) is 3. The van der Waals surface area contributed by atoms with Gasteiger partial charge in [0.2, 0.25) is 21.8 Å². The highest BCUT2D eigenvalue weighted by atomic mass is 32.2. The van der Waals surface area contributed by atoms with Crippen molar-refractivity contribution in [2.24, 2.45) is 5.92 Å². The van der Waals surface area contributed by atoms with Crippen LogP contribution < -0.4 is 10.6 Å². The Labute approximate surface area is 235 Å². The first-order valence-corrected chi connectivity index (χ1v) is 16.5. The zero-order valence-electron chi connectivity index (χ0n) is 22.6. The summed E-state index contributed by atoms with van der Waals surface area (Å²) < 4.78 is 26.3. The number of nitrogens with one attached hydrogen (secondary N) is 2. The Balaban J connectivity index is 1.52. The maximum absolute atomic E-state index is 14.2. The average molecular weight is 584 g/mol. The zero-order chi connectivity index (χ0) is 28.0. The van der Waals surface area contributed by atoms with Gasteiger partial charge in [0.15, 0.2) is 0 Å². The molecule has 3 aliphatic rings. The third kappa shape index (κ3) is 7.50. The minimum atomic E-state index is -3.29. The molecule has 3 fully saturated rings. The summed E-state index contributed by atoms with van der Waals surface area (Å²) in [4.78, 5) is 43.0. The first-order valence-electron chi connectivity index (χ1n) is 14.0. The monoisotopic (exact) mass is 583 g/mol. The molecule has 1 aromatic rings. The van der Waals surface area contributed by atoms with Crippen molar-refractivity contribution in [1.29, 1.82) is 0 Å². The fourth-order valence-corrected chi connectivity index (χ4v) is 7.71.